The predicted octanol–water partition coefficient (Wildman–Crippen LogP) is 1.50. The number of amides is 1. The molecule has 1 atom stereocenters. The fraction of sp³-hybridized carbons (Fsp3) is 0.526. The van der Waals surface area contributed by atoms with Crippen LogP contribution in [0, 0.1) is 0 Å². The van der Waals surface area contributed by atoms with Crippen LogP contribution in [0.1, 0.15) is 31.9 Å². The fourth-order valence-electron chi connectivity index (χ4n) is 3.89. The summed E-state index contributed by atoms with van der Waals surface area (Å²) in [6.07, 6.45) is 2.14. The standard InChI is InChI=1S/C19H28N4O4S/c1-5-9-23-11-15-17(20-19(24)18(15)22(3)12-23)14-10-13(21-28(4,25)26)7-8-16(14)27-6-2/h7-8,10,17,21H,5-6,9,11-12H2,1-4H3,(H,20,24). The van der Waals surface area contributed by atoms with Crippen molar-refractivity contribution in [2.24, 2.45) is 0 Å². The Labute approximate surface area is 166 Å². The number of hydrogen-bond donors (Lipinski definition) is 2. The average molecular weight is 409 g/mol. The minimum Gasteiger partial charge on any atom is -0.494 e. The van der Waals surface area contributed by atoms with Crippen molar-refractivity contribution in [1.82, 2.24) is 15.1 Å². The molecule has 0 radical (unpaired) electrons. The number of rotatable bonds is 7. The van der Waals surface area contributed by atoms with Crippen LogP contribution >= 0.6 is 0 Å². The topological polar surface area (TPSA) is 91.0 Å². The second-order valence-corrected chi connectivity index (χ2v) is 8.98. The van der Waals surface area contributed by atoms with Crippen LogP contribution in [0.2, 0.25) is 0 Å². The summed E-state index contributed by atoms with van der Waals surface area (Å²) < 4.78 is 31.6. The van der Waals surface area contributed by atoms with Crippen LogP contribution in [0.25, 0.3) is 0 Å². The van der Waals surface area contributed by atoms with E-state index in [1.807, 2.05) is 18.9 Å². The lowest BCUT2D eigenvalue weighted by atomic mass is 9.96. The molecule has 154 valence electrons. The Morgan fingerprint density at radius 2 is 2.07 bits per heavy atom. The Morgan fingerprint density at radius 1 is 1.32 bits per heavy atom. The minimum absolute atomic E-state index is 0.109. The molecule has 0 spiro atoms. The molecular weight excluding hydrogens is 380 g/mol. The Kier molecular flexibility index (Phi) is 5.85. The zero-order valence-electron chi connectivity index (χ0n) is 16.8. The maximum atomic E-state index is 12.7. The highest BCUT2D eigenvalue weighted by Gasteiger charge is 2.39. The lowest BCUT2D eigenvalue weighted by Gasteiger charge is -2.35. The molecule has 9 heteroatoms. The summed E-state index contributed by atoms with van der Waals surface area (Å²) in [5.41, 5.74) is 2.88. The Hall–Kier alpha value is -2.26. The first kappa shape index (κ1) is 20.5. The second kappa shape index (κ2) is 8.00. The first-order valence-electron chi connectivity index (χ1n) is 9.45. The molecule has 2 heterocycles. The number of carbonyl (C=O) groups excluding carboxylic acids is 1. The Balaban J connectivity index is 2.03. The number of hydrogen-bond acceptors (Lipinski definition) is 6. The van der Waals surface area contributed by atoms with Crippen LogP contribution < -0.4 is 14.8 Å². The van der Waals surface area contributed by atoms with Crippen LogP contribution in [0.15, 0.2) is 29.5 Å². The molecule has 0 aliphatic carbocycles. The molecule has 0 bridgehead atoms. The van der Waals surface area contributed by atoms with Crippen molar-refractivity contribution in [2.45, 2.75) is 26.3 Å². The van der Waals surface area contributed by atoms with Gasteiger partial charge in [0.1, 0.15) is 11.4 Å². The summed E-state index contributed by atoms with van der Waals surface area (Å²) in [6, 6.07) is 4.80. The third-order valence-electron chi connectivity index (χ3n) is 4.79. The van der Waals surface area contributed by atoms with Crippen LogP contribution in [0.4, 0.5) is 5.69 Å². The third kappa shape index (κ3) is 4.25. The number of anilines is 1. The summed E-state index contributed by atoms with van der Waals surface area (Å²) in [5.74, 6) is 0.526. The molecule has 3 rings (SSSR count). The molecule has 1 aromatic carbocycles. The molecule has 0 saturated carbocycles. The van der Waals surface area contributed by atoms with Gasteiger partial charge in [-0.15, -0.1) is 0 Å². The van der Waals surface area contributed by atoms with E-state index in [1.54, 1.807) is 18.2 Å². The number of benzene rings is 1. The highest BCUT2D eigenvalue weighted by atomic mass is 32.2. The van der Waals surface area contributed by atoms with Crippen molar-refractivity contribution in [2.75, 3.05) is 44.4 Å². The molecule has 2 aliphatic rings. The summed E-state index contributed by atoms with van der Waals surface area (Å²) >= 11 is 0. The quantitative estimate of drug-likeness (QED) is 0.711. The number of likely N-dealkylation sites (N-methyl/N-ethyl adjacent to an activating group) is 1. The first-order chi connectivity index (χ1) is 13.2. The van der Waals surface area contributed by atoms with Gasteiger partial charge in [-0.3, -0.25) is 14.4 Å². The van der Waals surface area contributed by atoms with Crippen LogP contribution in [-0.4, -0.2) is 63.8 Å². The van der Waals surface area contributed by atoms with Crippen molar-refractivity contribution in [3.63, 3.8) is 0 Å². The van der Waals surface area contributed by atoms with Gasteiger partial charge in [-0.1, -0.05) is 6.92 Å². The molecule has 28 heavy (non-hydrogen) atoms. The van der Waals surface area contributed by atoms with E-state index < -0.39 is 10.0 Å². The van der Waals surface area contributed by atoms with Gasteiger partial charge < -0.3 is 15.0 Å². The predicted molar refractivity (Wildman–Crippen MR) is 108 cm³/mol. The van der Waals surface area contributed by atoms with Crippen molar-refractivity contribution >= 4 is 21.6 Å². The van der Waals surface area contributed by atoms with E-state index in [0.717, 1.165) is 30.4 Å². The number of ether oxygens (including phenoxy) is 1. The van der Waals surface area contributed by atoms with Gasteiger partial charge in [0.05, 0.1) is 25.6 Å². The van der Waals surface area contributed by atoms with Gasteiger partial charge in [-0.2, -0.15) is 0 Å². The highest BCUT2D eigenvalue weighted by Crippen LogP contribution is 2.39. The normalized spacial score (nSPS) is 20.2. The maximum Gasteiger partial charge on any atom is 0.268 e. The molecule has 2 N–H and O–H groups in total. The Morgan fingerprint density at radius 3 is 2.71 bits per heavy atom. The number of nitrogens with zero attached hydrogens (tertiary/aromatic N) is 2. The van der Waals surface area contributed by atoms with E-state index in [-0.39, 0.29) is 11.9 Å². The van der Waals surface area contributed by atoms with E-state index in [0.29, 0.717) is 37.0 Å². The van der Waals surface area contributed by atoms with E-state index in [2.05, 4.69) is 21.9 Å². The summed E-state index contributed by atoms with van der Waals surface area (Å²) in [4.78, 5) is 16.9. The van der Waals surface area contributed by atoms with E-state index >= 15 is 0 Å². The fourth-order valence-corrected chi connectivity index (χ4v) is 4.44. The maximum absolute atomic E-state index is 12.7. The minimum atomic E-state index is -3.41. The molecule has 1 amide bonds. The van der Waals surface area contributed by atoms with Gasteiger partial charge in [0.25, 0.3) is 5.91 Å². The van der Waals surface area contributed by atoms with E-state index in [1.165, 1.54) is 0 Å². The van der Waals surface area contributed by atoms with Crippen LogP contribution in [0.3, 0.4) is 0 Å². The molecular formula is C19H28N4O4S. The van der Waals surface area contributed by atoms with Gasteiger partial charge >= 0.3 is 0 Å². The smallest absolute Gasteiger partial charge is 0.268 e. The van der Waals surface area contributed by atoms with Crippen molar-refractivity contribution in [1.29, 1.82) is 0 Å². The highest BCUT2D eigenvalue weighted by molar-refractivity contribution is 7.92. The van der Waals surface area contributed by atoms with Crippen LogP contribution in [-0.2, 0) is 14.8 Å². The molecule has 0 saturated heterocycles. The zero-order valence-corrected chi connectivity index (χ0v) is 17.6. The van der Waals surface area contributed by atoms with Crippen molar-refractivity contribution in [3.05, 3.63) is 35.0 Å². The molecule has 0 aromatic heterocycles. The van der Waals surface area contributed by atoms with Gasteiger partial charge in [0.15, 0.2) is 0 Å². The lowest BCUT2D eigenvalue weighted by molar-refractivity contribution is -0.118. The second-order valence-electron chi connectivity index (χ2n) is 7.23. The lowest BCUT2D eigenvalue weighted by Crippen LogP contribution is -2.43. The molecule has 8 nitrogen and oxygen atoms in total. The van der Waals surface area contributed by atoms with Gasteiger partial charge in [-0.05, 0) is 43.7 Å². The van der Waals surface area contributed by atoms with E-state index in [4.69, 9.17) is 4.74 Å². The number of carbonyl (C=O) groups is 1. The van der Waals surface area contributed by atoms with Gasteiger partial charge in [0.2, 0.25) is 10.0 Å². The monoisotopic (exact) mass is 408 g/mol. The molecule has 1 unspecified atom stereocenters. The van der Waals surface area contributed by atoms with Crippen LogP contribution in [0.5, 0.6) is 5.75 Å². The van der Waals surface area contributed by atoms with Crippen molar-refractivity contribution in [3.8, 4) is 5.75 Å². The molecule has 0 fully saturated rings. The zero-order chi connectivity index (χ0) is 20.5. The first-order valence-corrected chi connectivity index (χ1v) is 11.3. The Bertz CT molecular complexity index is 897. The average Bonchev–Trinajstić information content (AvgIpc) is 2.92. The summed E-state index contributed by atoms with van der Waals surface area (Å²) in [7, 11) is -1.49. The largest absolute Gasteiger partial charge is 0.494 e. The third-order valence-corrected chi connectivity index (χ3v) is 5.40. The van der Waals surface area contributed by atoms with Gasteiger partial charge in [0, 0.05) is 24.8 Å². The van der Waals surface area contributed by atoms with Crippen molar-refractivity contribution < 1.29 is 17.9 Å². The molecule has 1 aromatic rings. The SMILES string of the molecule is CCCN1CC2=C(C(=O)NC2c2cc(NS(C)(=O)=O)ccc2OCC)N(C)C1. The number of nitrogens with one attached hydrogen (secondary N) is 2. The van der Waals surface area contributed by atoms with Gasteiger partial charge in [-0.25, -0.2) is 8.42 Å². The summed E-state index contributed by atoms with van der Waals surface area (Å²) in [6.45, 7) is 6.83. The number of sulfonamides is 1. The summed E-state index contributed by atoms with van der Waals surface area (Å²) in [5, 5.41) is 3.06. The molecule has 2 aliphatic heterocycles. The van der Waals surface area contributed by atoms with E-state index in [9.17, 15) is 13.2 Å².